The van der Waals surface area contributed by atoms with Gasteiger partial charge in [0, 0.05) is 19.3 Å². The molecule has 412 valence electrons. The Morgan fingerprint density at radius 1 is 0.296 bits per heavy atom. The van der Waals surface area contributed by atoms with Gasteiger partial charge in [0.1, 0.15) is 13.2 Å². The molecule has 0 saturated heterocycles. The minimum atomic E-state index is -0.792. The van der Waals surface area contributed by atoms with Gasteiger partial charge in [0.25, 0.3) is 0 Å². The van der Waals surface area contributed by atoms with Crippen molar-refractivity contribution in [3.63, 3.8) is 0 Å². The van der Waals surface area contributed by atoms with Crippen LogP contribution in [0.3, 0.4) is 0 Å². The third-order valence-corrected chi connectivity index (χ3v) is 13.5. The maximum absolute atomic E-state index is 12.9. The Hall–Kier alpha value is -2.89. The van der Waals surface area contributed by atoms with E-state index in [1.54, 1.807) is 0 Å². The molecule has 6 heteroatoms. The summed E-state index contributed by atoms with van der Waals surface area (Å²) in [5, 5.41) is 0. The van der Waals surface area contributed by atoms with Gasteiger partial charge in [0.15, 0.2) is 6.10 Å². The molecule has 0 heterocycles. The van der Waals surface area contributed by atoms with Gasteiger partial charge >= 0.3 is 17.9 Å². The maximum Gasteiger partial charge on any atom is 0.306 e. The van der Waals surface area contributed by atoms with Gasteiger partial charge in [-0.3, -0.25) is 14.4 Å². The molecule has 0 spiro atoms. The summed E-state index contributed by atoms with van der Waals surface area (Å²) in [4.78, 5) is 38.2. The fraction of sp³-hybridized carbons (Fsp3) is 0.800. The fourth-order valence-electron chi connectivity index (χ4n) is 8.90. The number of carbonyl (C=O) groups is 3. The van der Waals surface area contributed by atoms with Gasteiger partial charge in [0.05, 0.1) is 0 Å². The van der Waals surface area contributed by atoms with E-state index in [4.69, 9.17) is 14.2 Å². The summed E-state index contributed by atoms with van der Waals surface area (Å²) in [6.07, 6.45) is 75.1. The molecule has 6 nitrogen and oxygen atoms in total. The van der Waals surface area contributed by atoms with Crippen molar-refractivity contribution >= 4 is 17.9 Å². The summed E-state index contributed by atoms with van der Waals surface area (Å²) >= 11 is 0. The number of hydrogen-bond donors (Lipinski definition) is 0. The molecule has 1 unspecified atom stereocenters. The molecule has 0 fully saturated rings. The lowest BCUT2D eigenvalue weighted by Crippen LogP contribution is -2.30. The van der Waals surface area contributed by atoms with Gasteiger partial charge < -0.3 is 14.2 Å². The average molecular weight is 994 g/mol. The van der Waals surface area contributed by atoms with Crippen LogP contribution in [0.15, 0.2) is 60.8 Å². The molecule has 0 aromatic heterocycles. The second-order valence-corrected chi connectivity index (χ2v) is 20.6. The van der Waals surface area contributed by atoms with Gasteiger partial charge in [-0.05, 0) is 83.5 Å². The lowest BCUT2D eigenvalue weighted by atomic mass is 10.0. The number of unbranched alkanes of at least 4 members (excludes halogenated alkanes) is 35. The quantitative estimate of drug-likeness (QED) is 0.0261. The molecule has 0 saturated carbocycles. The molecule has 71 heavy (non-hydrogen) atoms. The molecule has 1 atom stereocenters. The summed E-state index contributed by atoms with van der Waals surface area (Å²) in [6.45, 7) is 6.53. The van der Waals surface area contributed by atoms with Crippen molar-refractivity contribution in [2.24, 2.45) is 0 Å². The Morgan fingerprint density at radius 2 is 0.549 bits per heavy atom. The molecule has 0 radical (unpaired) electrons. The molecule has 0 aliphatic carbocycles. The van der Waals surface area contributed by atoms with E-state index < -0.39 is 6.10 Å². The maximum atomic E-state index is 12.9. The van der Waals surface area contributed by atoms with E-state index in [2.05, 4.69) is 81.5 Å². The van der Waals surface area contributed by atoms with Crippen LogP contribution in [0, 0.1) is 0 Å². The zero-order valence-electron chi connectivity index (χ0n) is 47.2. The lowest BCUT2D eigenvalue weighted by Gasteiger charge is -2.18. The number of ether oxygens (including phenoxy) is 3. The summed E-state index contributed by atoms with van der Waals surface area (Å²) < 4.78 is 16.9. The van der Waals surface area contributed by atoms with Crippen LogP contribution in [0.25, 0.3) is 0 Å². The molecular formula is C65H116O6. The number of allylic oxidation sites excluding steroid dienone is 10. The normalized spacial score (nSPS) is 12.4. The van der Waals surface area contributed by atoms with Crippen molar-refractivity contribution in [1.29, 1.82) is 0 Å². The molecule has 0 rings (SSSR count). The van der Waals surface area contributed by atoms with Crippen LogP contribution >= 0.6 is 0 Å². The predicted octanol–water partition coefficient (Wildman–Crippen LogP) is 20.8. The van der Waals surface area contributed by atoms with Gasteiger partial charge in [-0.2, -0.15) is 0 Å². The Labute approximate surface area is 440 Å². The second-order valence-electron chi connectivity index (χ2n) is 20.6. The van der Waals surface area contributed by atoms with Crippen LogP contribution in [0.4, 0.5) is 0 Å². The number of carbonyl (C=O) groups excluding carboxylic acids is 3. The van der Waals surface area contributed by atoms with E-state index in [9.17, 15) is 14.4 Å². The molecule has 0 amide bonds. The largest absolute Gasteiger partial charge is 0.462 e. The van der Waals surface area contributed by atoms with Crippen molar-refractivity contribution in [2.45, 2.75) is 322 Å². The van der Waals surface area contributed by atoms with Crippen LogP contribution in [-0.2, 0) is 28.6 Å². The summed E-state index contributed by atoms with van der Waals surface area (Å²) in [5.74, 6) is -0.918. The molecule has 0 N–H and O–H groups in total. The average Bonchev–Trinajstić information content (AvgIpc) is 3.37. The highest BCUT2D eigenvalue weighted by molar-refractivity contribution is 5.71. The Bertz CT molecular complexity index is 1280. The van der Waals surface area contributed by atoms with Crippen LogP contribution in [0.5, 0.6) is 0 Å². The van der Waals surface area contributed by atoms with E-state index in [0.29, 0.717) is 19.3 Å². The Balaban J connectivity index is 4.36. The Kier molecular flexibility index (Phi) is 57.2. The highest BCUT2D eigenvalue weighted by Gasteiger charge is 2.19. The van der Waals surface area contributed by atoms with Crippen LogP contribution in [0.2, 0.25) is 0 Å². The minimum absolute atomic E-state index is 0.0861. The van der Waals surface area contributed by atoms with Gasteiger partial charge in [-0.25, -0.2) is 0 Å². The second kappa shape index (κ2) is 59.7. The highest BCUT2D eigenvalue weighted by Crippen LogP contribution is 2.17. The predicted molar refractivity (Wildman–Crippen MR) is 307 cm³/mol. The molecule has 0 bridgehead atoms. The monoisotopic (exact) mass is 993 g/mol. The first-order valence-corrected chi connectivity index (χ1v) is 30.8. The fourth-order valence-corrected chi connectivity index (χ4v) is 8.90. The lowest BCUT2D eigenvalue weighted by molar-refractivity contribution is -0.167. The zero-order chi connectivity index (χ0) is 51.4. The minimum Gasteiger partial charge on any atom is -0.462 e. The van der Waals surface area contributed by atoms with E-state index >= 15 is 0 Å². The van der Waals surface area contributed by atoms with E-state index in [-0.39, 0.29) is 31.1 Å². The molecular weight excluding hydrogens is 877 g/mol. The number of rotatable bonds is 56. The highest BCUT2D eigenvalue weighted by atomic mass is 16.6. The third-order valence-electron chi connectivity index (χ3n) is 13.5. The third kappa shape index (κ3) is 57.9. The molecule has 0 aromatic rings. The van der Waals surface area contributed by atoms with Crippen molar-refractivity contribution < 1.29 is 28.6 Å². The van der Waals surface area contributed by atoms with Crippen molar-refractivity contribution in [3.05, 3.63) is 60.8 Å². The summed E-state index contributed by atoms with van der Waals surface area (Å²) in [7, 11) is 0. The Morgan fingerprint density at radius 3 is 0.901 bits per heavy atom. The van der Waals surface area contributed by atoms with Crippen molar-refractivity contribution in [3.8, 4) is 0 Å². The van der Waals surface area contributed by atoms with Gasteiger partial charge in [-0.1, -0.05) is 274 Å². The number of esters is 3. The SMILES string of the molecule is CC/C=C\C/C=C\C/C=C\C/C=C\CCCCC(=O)OCC(COC(=O)CCCCCCCCCCCCCCCCCCCCCCC)OC(=O)CCCCCCCCC/C=C\CCCCCCCC. The van der Waals surface area contributed by atoms with Crippen LogP contribution < -0.4 is 0 Å². The first kappa shape index (κ1) is 68.1. The molecule has 0 aliphatic rings. The first-order chi connectivity index (χ1) is 35.0. The van der Waals surface area contributed by atoms with Gasteiger partial charge in [0.2, 0.25) is 0 Å². The smallest absolute Gasteiger partial charge is 0.306 e. The van der Waals surface area contributed by atoms with E-state index in [1.165, 1.54) is 193 Å². The van der Waals surface area contributed by atoms with Crippen molar-refractivity contribution in [2.75, 3.05) is 13.2 Å². The van der Waals surface area contributed by atoms with E-state index in [0.717, 1.165) is 83.5 Å². The zero-order valence-corrected chi connectivity index (χ0v) is 47.2. The summed E-state index contributed by atoms with van der Waals surface area (Å²) in [6, 6.07) is 0. The number of hydrogen-bond acceptors (Lipinski definition) is 6. The van der Waals surface area contributed by atoms with Crippen molar-refractivity contribution in [1.82, 2.24) is 0 Å². The molecule has 0 aliphatic heterocycles. The summed E-state index contributed by atoms with van der Waals surface area (Å²) in [5.41, 5.74) is 0. The van der Waals surface area contributed by atoms with Crippen LogP contribution in [0.1, 0.15) is 316 Å². The standard InChI is InChI=1S/C65H116O6/c1-4-7-10-13-16-19-22-25-28-30-31-32-33-35-37-40-43-46-49-52-55-58-64(67)70-61-62(60-69-63(66)57-54-51-48-45-42-39-36-27-24-21-18-15-12-9-6-3)71-65(68)59-56-53-50-47-44-41-38-34-29-26-23-20-17-14-11-8-5-2/h9,12,18,21,26-27,29,36,42,45,62H,4-8,10-11,13-17,19-20,22-25,28,30-35,37-41,43-44,46-61H2,1-3H3/b12-9-,21-18-,29-26-,36-27-,45-42-. The van der Waals surface area contributed by atoms with Crippen LogP contribution in [-0.4, -0.2) is 37.2 Å². The van der Waals surface area contributed by atoms with Gasteiger partial charge in [-0.15, -0.1) is 0 Å². The van der Waals surface area contributed by atoms with E-state index in [1.807, 2.05) is 0 Å². The topological polar surface area (TPSA) is 78.9 Å². The molecule has 0 aromatic carbocycles. The first-order valence-electron chi connectivity index (χ1n) is 30.8.